The third kappa shape index (κ3) is 5.08. The molecule has 0 unspecified atom stereocenters. The molecular formula is C26H23FN2O2S. The second-order valence-corrected chi connectivity index (χ2v) is 8.13. The van der Waals surface area contributed by atoms with Crippen LogP contribution in [-0.4, -0.2) is 17.7 Å². The molecule has 0 aliphatic carbocycles. The van der Waals surface area contributed by atoms with Gasteiger partial charge in [-0.05, 0) is 35.7 Å². The summed E-state index contributed by atoms with van der Waals surface area (Å²) in [7, 11) is 0. The van der Waals surface area contributed by atoms with E-state index in [1.165, 1.54) is 23.9 Å². The second kappa shape index (κ2) is 10.3. The molecule has 0 saturated carbocycles. The Bertz CT molecular complexity index is 1130. The monoisotopic (exact) mass is 446 g/mol. The van der Waals surface area contributed by atoms with Gasteiger partial charge in [0.2, 0.25) is 0 Å². The van der Waals surface area contributed by atoms with Crippen molar-refractivity contribution in [2.45, 2.75) is 18.7 Å². The van der Waals surface area contributed by atoms with E-state index in [0.29, 0.717) is 22.2 Å². The maximum Gasteiger partial charge on any atom is 0.338 e. The highest BCUT2D eigenvalue weighted by Gasteiger charge is 2.32. The number of halogens is 1. The molecule has 32 heavy (non-hydrogen) atoms. The number of ether oxygens (including phenoxy) is 1. The van der Waals surface area contributed by atoms with E-state index in [-0.39, 0.29) is 18.4 Å². The summed E-state index contributed by atoms with van der Waals surface area (Å²) in [5.41, 5.74) is 3.94. The Kier molecular flexibility index (Phi) is 7.02. The Morgan fingerprint density at radius 1 is 1.00 bits per heavy atom. The molecule has 3 aromatic rings. The fourth-order valence-corrected chi connectivity index (χ4v) is 4.31. The zero-order chi connectivity index (χ0) is 22.3. The lowest BCUT2D eigenvalue weighted by molar-refractivity contribution is -0.138. The lowest BCUT2D eigenvalue weighted by Crippen LogP contribution is -2.31. The first-order valence-electron chi connectivity index (χ1n) is 10.4. The lowest BCUT2D eigenvalue weighted by atomic mass is 9.94. The van der Waals surface area contributed by atoms with E-state index in [2.05, 4.69) is 5.32 Å². The van der Waals surface area contributed by atoms with E-state index in [0.717, 1.165) is 16.7 Å². The number of hydrogen-bond acceptors (Lipinski definition) is 5. The third-order valence-electron chi connectivity index (χ3n) is 4.98. The first-order valence-corrected chi connectivity index (χ1v) is 11.4. The summed E-state index contributed by atoms with van der Waals surface area (Å²) in [5, 5.41) is 4.05. The second-order valence-electron chi connectivity index (χ2n) is 7.16. The Labute approximate surface area is 191 Å². The maximum absolute atomic E-state index is 13.2. The molecule has 0 aromatic heterocycles. The quantitative estimate of drug-likeness (QED) is 0.491. The maximum atomic E-state index is 13.2. The zero-order valence-electron chi connectivity index (χ0n) is 17.6. The number of amidine groups is 1. The molecule has 0 spiro atoms. The summed E-state index contributed by atoms with van der Waals surface area (Å²) in [6, 6.07) is 25.4. The Hall–Kier alpha value is -3.38. The molecule has 4 rings (SSSR count). The van der Waals surface area contributed by atoms with Crippen molar-refractivity contribution in [3.8, 4) is 0 Å². The number of thioether (sulfide) groups is 1. The van der Waals surface area contributed by atoms with Crippen LogP contribution in [0.25, 0.3) is 5.70 Å². The van der Waals surface area contributed by atoms with Gasteiger partial charge in [0, 0.05) is 5.75 Å². The van der Waals surface area contributed by atoms with Crippen LogP contribution in [0.15, 0.2) is 95.5 Å². The zero-order valence-corrected chi connectivity index (χ0v) is 18.4. The van der Waals surface area contributed by atoms with E-state index in [4.69, 9.17) is 9.73 Å². The predicted octanol–water partition coefficient (Wildman–Crippen LogP) is 5.73. The number of hydrogen-bond donors (Lipinski definition) is 1. The molecule has 1 aliphatic rings. The first kappa shape index (κ1) is 21.8. The smallest absolute Gasteiger partial charge is 0.338 e. The standard InChI is InChI=1S/C26H23FN2O2S/c1-2-31-25(30)22-23(19-9-5-3-6-10-19)28-26(29-24(22)20-11-7-4-8-12-20)32-17-18-13-15-21(27)16-14-18/h3-16,23H,2,17H2,1H3,(H,28,29)/t23-/m0/s1. The molecule has 1 aliphatic heterocycles. The molecule has 3 aromatic carbocycles. The average molecular weight is 447 g/mol. The molecule has 1 N–H and O–H groups in total. The summed E-state index contributed by atoms with van der Waals surface area (Å²) in [4.78, 5) is 17.9. The van der Waals surface area contributed by atoms with Crippen LogP contribution in [0.1, 0.15) is 29.7 Å². The van der Waals surface area contributed by atoms with Crippen molar-refractivity contribution in [2.75, 3.05) is 6.61 Å². The highest BCUT2D eigenvalue weighted by Crippen LogP contribution is 2.36. The third-order valence-corrected chi connectivity index (χ3v) is 5.94. The molecule has 0 amide bonds. The van der Waals surface area contributed by atoms with Gasteiger partial charge in [0.05, 0.1) is 17.9 Å². The van der Waals surface area contributed by atoms with Crippen molar-refractivity contribution in [3.63, 3.8) is 0 Å². The van der Waals surface area contributed by atoms with Gasteiger partial charge < -0.3 is 10.1 Å². The van der Waals surface area contributed by atoms with Gasteiger partial charge in [0.15, 0.2) is 5.17 Å². The predicted molar refractivity (Wildman–Crippen MR) is 127 cm³/mol. The SMILES string of the molecule is CCOC(=O)C1=C(c2ccccc2)NC(SCc2ccc(F)cc2)=N[C@H]1c1ccccc1. The molecule has 0 radical (unpaired) electrons. The van der Waals surface area contributed by atoms with E-state index in [1.54, 1.807) is 19.1 Å². The van der Waals surface area contributed by atoms with Crippen LogP contribution in [0.5, 0.6) is 0 Å². The van der Waals surface area contributed by atoms with Crippen molar-refractivity contribution in [3.05, 3.63) is 113 Å². The Morgan fingerprint density at radius 2 is 1.66 bits per heavy atom. The van der Waals surface area contributed by atoms with Gasteiger partial charge in [-0.15, -0.1) is 0 Å². The van der Waals surface area contributed by atoms with Crippen LogP contribution in [0, 0.1) is 5.82 Å². The van der Waals surface area contributed by atoms with E-state index in [9.17, 15) is 9.18 Å². The highest BCUT2D eigenvalue weighted by molar-refractivity contribution is 8.13. The van der Waals surface area contributed by atoms with Crippen LogP contribution in [0.4, 0.5) is 4.39 Å². The number of esters is 1. The summed E-state index contributed by atoms with van der Waals surface area (Å²) in [6.07, 6.45) is 0. The fourth-order valence-electron chi connectivity index (χ4n) is 3.46. The van der Waals surface area contributed by atoms with Gasteiger partial charge in [0.25, 0.3) is 0 Å². The number of aliphatic imine (C=N–C) groups is 1. The van der Waals surface area contributed by atoms with Gasteiger partial charge >= 0.3 is 5.97 Å². The van der Waals surface area contributed by atoms with Gasteiger partial charge in [-0.2, -0.15) is 0 Å². The van der Waals surface area contributed by atoms with Crippen molar-refractivity contribution < 1.29 is 13.9 Å². The lowest BCUT2D eigenvalue weighted by Gasteiger charge is -2.27. The largest absolute Gasteiger partial charge is 0.463 e. The summed E-state index contributed by atoms with van der Waals surface area (Å²) < 4.78 is 18.7. The number of rotatable bonds is 6. The summed E-state index contributed by atoms with van der Waals surface area (Å²) in [6.45, 7) is 2.07. The molecule has 6 heteroatoms. The van der Waals surface area contributed by atoms with Crippen LogP contribution >= 0.6 is 11.8 Å². The fraction of sp³-hybridized carbons (Fsp3) is 0.154. The van der Waals surface area contributed by atoms with Gasteiger partial charge in [-0.1, -0.05) is 84.6 Å². The Balaban J connectivity index is 1.74. The minimum atomic E-state index is -0.498. The van der Waals surface area contributed by atoms with E-state index < -0.39 is 6.04 Å². The van der Waals surface area contributed by atoms with Crippen LogP contribution in [0.3, 0.4) is 0 Å². The van der Waals surface area contributed by atoms with Crippen molar-refractivity contribution in [1.29, 1.82) is 0 Å². The van der Waals surface area contributed by atoms with Crippen molar-refractivity contribution in [1.82, 2.24) is 5.32 Å². The molecule has 0 saturated heterocycles. The molecule has 1 atom stereocenters. The summed E-state index contributed by atoms with van der Waals surface area (Å²) in [5.74, 6) is -0.0341. The number of nitrogens with zero attached hydrogens (tertiary/aromatic N) is 1. The topological polar surface area (TPSA) is 50.7 Å². The van der Waals surface area contributed by atoms with Crippen LogP contribution in [0.2, 0.25) is 0 Å². The van der Waals surface area contributed by atoms with E-state index >= 15 is 0 Å². The van der Waals surface area contributed by atoms with Crippen LogP contribution in [-0.2, 0) is 15.3 Å². The molecule has 162 valence electrons. The van der Waals surface area contributed by atoms with Crippen LogP contribution < -0.4 is 5.32 Å². The minimum absolute atomic E-state index is 0.260. The molecule has 1 heterocycles. The molecule has 4 nitrogen and oxygen atoms in total. The van der Waals surface area contributed by atoms with Crippen molar-refractivity contribution >= 4 is 28.6 Å². The first-order chi connectivity index (χ1) is 15.7. The average Bonchev–Trinajstić information content (AvgIpc) is 2.84. The number of nitrogens with one attached hydrogen (secondary N) is 1. The van der Waals surface area contributed by atoms with E-state index in [1.807, 2.05) is 60.7 Å². The highest BCUT2D eigenvalue weighted by atomic mass is 32.2. The normalized spacial score (nSPS) is 15.7. The number of carbonyl (C=O) groups excluding carboxylic acids is 1. The number of carbonyl (C=O) groups is 1. The number of benzene rings is 3. The minimum Gasteiger partial charge on any atom is -0.463 e. The Morgan fingerprint density at radius 3 is 2.31 bits per heavy atom. The summed E-state index contributed by atoms with van der Waals surface area (Å²) >= 11 is 1.51. The molecule has 0 fully saturated rings. The molecule has 0 bridgehead atoms. The molecular weight excluding hydrogens is 423 g/mol. The van der Waals surface area contributed by atoms with Gasteiger partial charge in [0.1, 0.15) is 11.9 Å². The van der Waals surface area contributed by atoms with Crippen molar-refractivity contribution in [2.24, 2.45) is 4.99 Å². The van der Waals surface area contributed by atoms with Gasteiger partial charge in [-0.25, -0.2) is 14.2 Å². The van der Waals surface area contributed by atoms with Gasteiger partial charge in [-0.3, -0.25) is 0 Å².